The van der Waals surface area contributed by atoms with Crippen LogP contribution in [-0.4, -0.2) is 16.4 Å². The smallest absolute Gasteiger partial charge is 0.146 e. The quantitative estimate of drug-likeness (QED) is 0.510. The molecule has 0 saturated heterocycles. The van der Waals surface area contributed by atoms with Crippen LogP contribution in [0.4, 0.5) is 0 Å². The fraction of sp³-hybridized carbons (Fsp3) is 0.250. The van der Waals surface area contributed by atoms with Gasteiger partial charge >= 0.3 is 0 Å². The van der Waals surface area contributed by atoms with Crippen LogP contribution in [0.2, 0.25) is 0 Å². The van der Waals surface area contributed by atoms with Crippen LogP contribution in [0.25, 0.3) is 0 Å². The predicted molar refractivity (Wildman–Crippen MR) is 50.9 cm³/mol. The molecule has 1 rings (SSSR count). The zero-order chi connectivity index (χ0) is 8.10. The summed E-state index contributed by atoms with van der Waals surface area (Å²) in [5.74, 6) is 0.535. The third kappa shape index (κ3) is 2.33. The van der Waals surface area contributed by atoms with E-state index in [1.807, 2.05) is 30.3 Å². The molecule has 0 aliphatic heterocycles. The van der Waals surface area contributed by atoms with Crippen LogP contribution in [0.3, 0.4) is 0 Å². The number of alkyl halides is 1. The van der Waals surface area contributed by atoms with Crippen molar-refractivity contribution < 1.29 is 4.43 Å². The van der Waals surface area contributed by atoms with Gasteiger partial charge in [-0.3, -0.25) is 0 Å². The van der Waals surface area contributed by atoms with Crippen LogP contribution >= 0.6 is 11.6 Å². The number of hydrogen-bond donors (Lipinski definition) is 0. The molecule has 0 amide bonds. The molecular formula is C8H11ClOSi. The van der Waals surface area contributed by atoms with Crippen molar-refractivity contribution in [1.82, 2.24) is 0 Å². The van der Waals surface area contributed by atoms with Crippen LogP contribution in [0, 0.1) is 0 Å². The fourth-order valence-electron chi connectivity index (χ4n) is 0.956. The first-order valence-electron chi connectivity index (χ1n) is 3.52. The first-order chi connectivity index (χ1) is 5.38. The lowest BCUT2D eigenvalue weighted by molar-refractivity contribution is 0.254. The molecule has 3 heteroatoms. The van der Waals surface area contributed by atoms with E-state index in [2.05, 4.69) is 0 Å². The van der Waals surface area contributed by atoms with Gasteiger partial charge in [0.15, 0.2) is 0 Å². The summed E-state index contributed by atoms with van der Waals surface area (Å²) in [5.41, 5.74) is 1.16. The zero-order valence-corrected chi connectivity index (χ0v) is 9.21. The van der Waals surface area contributed by atoms with Crippen molar-refractivity contribution in [2.75, 3.05) is 5.88 Å². The Morgan fingerprint density at radius 1 is 1.36 bits per heavy atom. The molecule has 0 aromatic heterocycles. The summed E-state index contributed by atoms with van der Waals surface area (Å²) >= 11 is 5.70. The van der Waals surface area contributed by atoms with Gasteiger partial charge in [-0.25, -0.2) is 0 Å². The van der Waals surface area contributed by atoms with Crippen LogP contribution in [0.1, 0.15) is 11.7 Å². The largest absolute Gasteiger partial charge is 0.420 e. The molecule has 0 N–H and O–H groups in total. The molecule has 1 atom stereocenters. The van der Waals surface area contributed by atoms with Crippen LogP contribution in [-0.2, 0) is 4.43 Å². The van der Waals surface area contributed by atoms with E-state index >= 15 is 0 Å². The molecule has 0 aliphatic rings. The normalized spacial score (nSPS) is 13.2. The Balaban J connectivity index is 2.74. The fourth-order valence-corrected chi connectivity index (χ4v) is 1.91. The predicted octanol–water partition coefficient (Wildman–Crippen LogP) is 1.26. The average Bonchev–Trinajstić information content (AvgIpc) is 2.09. The molecule has 1 aromatic carbocycles. The van der Waals surface area contributed by atoms with Crippen molar-refractivity contribution >= 4 is 22.1 Å². The second kappa shape index (κ2) is 4.54. The molecular weight excluding hydrogens is 176 g/mol. The van der Waals surface area contributed by atoms with Gasteiger partial charge in [0.1, 0.15) is 10.5 Å². The van der Waals surface area contributed by atoms with Gasteiger partial charge < -0.3 is 4.43 Å². The Bertz CT molecular complexity index is 199. The van der Waals surface area contributed by atoms with Gasteiger partial charge in [0.25, 0.3) is 0 Å². The van der Waals surface area contributed by atoms with Gasteiger partial charge in [0.05, 0.1) is 12.0 Å². The molecule has 0 saturated carbocycles. The van der Waals surface area contributed by atoms with E-state index in [1.54, 1.807) is 0 Å². The Morgan fingerprint density at radius 2 is 2.00 bits per heavy atom. The number of benzene rings is 1. The van der Waals surface area contributed by atoms with Crippen LogP contribution in [0.15, 0.2) is 30.3 Å². The summed E-state index contributed by atoms with van der Waals surface area (Å²) < 4.78 is 5.29. The van der Waals surface area contributed by atoms with Crippen molar-refractivity contribution in [1.29, 1.82) is 0 Å². The lowest BCUT2D eigenvalue weighted by Gasteiger charge is -2.11. The van der Waals surface area contributed by atoms with Gasteiger partial charge in [-0.1, -0.05) is 30.3 Å². The van der Waals surface area contributed by atoms with Crippen molar-refractivity contribution in [2.45, 2.75) is 6.10 Å². The summed E-state index contributed by atoms with van der Waals surface area (Å²) in [6.07, 6.45) is 0.0875. The lowest BCUT2D eigenvalue weighted by atomic mass is 10.1. The van der Waals surface area contributed by atoms with E-state index in [0.717, 1.165) is 16.0 Å². The Kier molecular flexibility index (Phi) is 3.63. The van der Waals surface area contributed by atoms with Crippen LogP contribution in [0.5, 0.6) is 0 Å². The average molecular weight is 187 g/mol. The minimum absolute atomic E-state index is 0.0875. The molecule has 1 aromatic rings. The number of hydrogen-bond acceptors (Lipinski definition) is 1. The summed E-state index contributed by atoms with van der Waals surface area (Å²) in [6, 6.07) is 10.0. The molecule has 1 nitrogen and oxygen atoms in total. The molecule has 1 unspecified atom stereocenters. The summed E-state index contributed by atoms with van der Waals surface area (Å²) in [7, 11) is 0.732. The highest BCUT2D eigenvalue weighted by Gasteiger charge is 2.05. The Morgan fingerprint density at radius 3 is 2.45 bits per heavy atom. The van der Waals surface area contributed by atoms with E-state index < -0.39 is 0 Å². The summed E-state index contributed by atoms with van der Waals surface area (Å²) in [4.78, 5) is 0. The topological polar surface area (TPSA) is 9.23 Å². The summed E-state index contributed by atoms with van der Waals surface area (Å²) in [6.45, 7) is 0. The highest BCUT2D eigenvalue weighted by molar-refractivity contribution is 6.18. The minimum Gasteiger partial charge on any atom is -0.420 e. The van der Waals surface area contributed by atoms with Crippen LogP contribution < -0.4 is 0 Å². The standard InChI is InChI=1S/C8H11ClOSi/c9-6-8(10-11)7-4-2-1-3-5-7/h1-5,8H,6H2,11H3. The molecule has 0 bridgehead atoms. The minimum atomic E-state index is 0.0875. The molecule has 60 valence electrons. The van der Waals surface area contributed by atoms with Gasteiger partial charge in [0, 0.05) is 0 Å². The molecule has 0 fully saturated rings. The maximum atomic E-state index is 5.70. The third-order valence-corrected chi connectivity index (χ3v) is 2.45. The first-order valence-corrected chi connectivity index (χ1v) is 4.87. The molecule has 0 spiro atoms. The molecule has 0 heterocycles. The number of halogens is 1. The van der Waals surface area contributed by atoms with E-state index in [0.29, 0.717) is 5.88 Å². The van der Waals surface area contributed by atoms with E-state index in [9.17, 15) is 0 Å². The van der Waals surface area contributed by atoms with Gasteiger partial charge in [0.2, 0.25) is 0 Å². The van der Waals surface area contributed by atoms with Gasteiger partial charge in [-0.2, -0.15) is 0 Å². The molecule has 0 radical (unpaired) electrons. The van der Waals surface area contributed by atoms with Crippen molar-refractivity contribution in [3.63, 3.8) is 0 Å². The monoisotopic (exact) mass is 186 g/mol. The first kappa shape index (κ1) is 8.78. The Labute approximate surface area is 74.9 Å². The summed E-state index contributed by atoms with van der Waals surface area (Å²) in [5, 5.41) is 0. The van der Waals surface area contributed by atoms with Gasteiger partial charge in [-0.05, 0) is 5.56 Å². The SMILES string of the molecule is [SiH3]OC(CCl)c1ccccc1. The van der Waals surface area contributed by atoms with E-state index in [-0.39, 0.29) is 6.10 Å². The van der Waals surface area contributed by atoms with Crippen molar-refractivity contribution in [3.05, 3.63) is 35.9 Å². The Hall–Kier alpha value is -0.313. The zero-order valence-electron chi connectivity index (χ0n) is 6.46. The van der Waals surface area contributed by atoms with E-state index in [4.69, 9.17) is 16.0 Å². The molecule has 0 aliphatic carbocycles. The van der Waals surface area contributed by atoms with Gasteiger partial charge in [-0.15, -0.1) is 11.6 Å². The highest BCUT2D eigenvalue weighted by Crippen LogP contribution is 2.16. The van der Waals surface area contributed by atoms with Crippen molar-refractivity contribution in [2.24, 2.45) is 0 Å². The number of rotatable bonds is 3. The molecule has 11 heavy (non-hydrogen) atoms. The van der Waals surface area contributed by atoms with Crippen molar-refractivity contribution in [3.8, 4) is 0 Å². The van der Waals surface area contributed by atoms with E-state index in [1.165, 1.54) is 0 Å². The lowest BCUT2D eigenvalue weighted by Crippen LogP contribution is -2.02. The third-order valence-electron chi connectivity index (χ3n) is 1.60. The maximum Gasteiger partial charge on any atom is 0.146 e. The second-order valence-corrected chi connectivity index (χ2v) is 3.07. The maximum absolute atomic E-state index is 5.70. The second-order valence-electron chi connectivity index (χ2n) is 2.29. The highest BCUT2D eigenvalue weighted by atomic mass is 35.5.